The van der Waals surface area contributed by atoms with E-state index in [1.54, 1.807) is 12.1 Å². The molecule has 1 rings (SSSR count). The standard InChI is InChI=1S/C10H16O3S3/c1-12-9(11,8-6-5-7-13-8)10(14-2,15-3)16-4/h5-7,11H,1-4H3. The van der Waals surface area contributed by atoms with Crippen LogP contribution in [0.25, 0.3) is 0 Å². The fourth-order valence-electron chi connectivity index (χ4n) is 1.51. The average Bonchev–Trinajstić information content (AvgIpc) is 2.85. The van der Waals surface area contributed by atoms with Gasteiger partial charge >= 0.3 is 0 Å². The maximum Gasteiger partial charge on any atom is 0.260 e. The van der Waals surface area contributed by atoms with Crippen LogP contribution in [-0.2, 0) is 10.5 Å². The topological polar surface area (TPSA) is 42.6 Å². The molecule has 0 bridgehead atoms. The van der Waals surface area contributed by atoms with Crippen LogP contribution in [0.2, 0.25) is 0 Å². The van der Waals surface area contributed by atoms with E-state index >= 15 is 0 Å². The van der Waals surface area contributed by atoms with Crippen molar-refractivity contribution in [2.24, 2.45) is 0 Å². The van der Waals surface area contributed by atoms with Crippen molar-refractivity contribution in [3.05, 3.63) is 24.2 Å². The summed E-state index contributed by atoms with van der Waals surface area (Å²) in [4.78, 5) is 0. The van der Waals surface area contributed by atoms with Gasteiger partial charge in [-0.2, -0.15) is 0 Å². The van der Waals surface area contributed by atoms with Crippen molar-refractivity contribution in [3.63, 3.8) is 0 Å². The molecule has 0 aliphatic heterocycles. The summed E-state index contributed by atoms with van der Waals surface area (Å²) in [6.07, 6.45) is 7.37. The number of ether oxygens (including phenoxy) is 1. The molecule has 1 heterocycles. The van der Waals surface area contributed by atoms with Crippen LogP contribution in [0.15, 0.2) is 22.8 Å². The number of thioether (sulfide) groups is 3. The first-order valence-corrected chi connectivity index (χ1v) is 8.24. The van der Waals surface area contributed by atoms with Crippen LogP contribution in [0, 0.1) is 0 Å². The first-order chi connectivity index (χ1) is 7.60. The van der Waals surface area contributed by atoms with Gasteiger partial charge in [0.05, 0.1) is 6.26 Å². The van der Waals surface area contributed by atoms with Crippen LogP contribution in [0.4, 0.5) is 0 Å². The molecule has 0 spiro atoms. The smallest absolute Gasteiger partial charge is 0.260 e. The first-order valence-electron chi connectivity index (χ1n) is 4.57. The molecule has 92 valence electrons. The average molecular weight is 280 g/mol. The van der Waals surface area contributed by atoms with E-state index in [2.05, 4.69) is 0 Å². The molecule has 3 nitrogen and oxygen atoms in total. The lowest BCUT2D eigenvalue weighted by Gasteiger charge is -2.41. The predicted octanol–water partition coefficient (Wildman–Crippen LogP) is 2.81. The molecule has 1 N–H and O–H groups in total. The number of hydrogen-bond acceptors (Lipinski definition) is 6. The molecular weight excluding hydrogens is 264 g/mol. The number of furan rings is 1. The van der Waals surface area contributed by atoms with Crippen molar-refractivity contribution < 1.29 is 14.3 Å². The summed E-state index contributed by atoms with van der Waals surface area (Å²) in [5.74, 6) is -1.03. The fraction of sp³-hybridized carbons (Fsp3) is 0.600. The van der Waals surface area contributed by atoms with Crippen molar-refractivity contribution in [1.29, 1.82) is 0 Å². The van der Waals surface area contributed by atoms with E-state index in [0.717, 1.165) is 0 Å². The highest BCUT2D eigenvalue weighted by atomic mass is 32.3. The molecule has 1 aromatic heterocycles. The second-order valence-corrected chi connectivity index (χ2v) is 6.83. The SMILES string of the molecule is COC(O)(c1ccco1)C(SC)(SC)SC. The third-order valence-electron chi connectivity index (χ3n) is 2.37. The Hall–Kier alpha value is 0.250. The van der Waals surface area contributed by atoms with E-state index in [1.807, 2.05) is 18.8 Å². The summed E-state index contributed by atoms with van der Waals surface area (Å²) in [5, 5.41) is 10.7. The van der Waals surface area contributed by atoms with Gasteiger partial charge in [-0.15, -0.1) is 35.3 Å². The molecule has 0 radical (unpaired) electrons. The van der Waals surface area contributed by atoms with Gasteiger partial charge < -0.3 is 14.3 Å². The highest BCUT2D eigenvalue weighted by Gasteiger charge is 2.54. The molecule has 1 unspecified atom stereocenters. The predicted molar refractivity (Wildman–Crippen MR) is 72.9 cm³/mol. The Bertz CT molecular complexity index is 303. The Morgan fingerprint density at radius 1 is 1.25 bits per heavy atom. The maximum absolute atomic E-state index is 10.7. The summed E-state index contributed by atoms with van der Waals surface area (Å²) in [7, 11) is 1.49. The molecule has 0 fully saturated rings. The summed E-state index contributed by atoms with van der Waals surface area (Å²) < 4.78 is 10.0. The number of methoxy groups -OCH3 is 1. The Labute approximate surface area is 109 Å². The summed E-state index contributed by atoms with van der Waals surface area (Å²) in [6, 6.07) is 3.46. The van der Waals surface area contributed by atoms with E-state index in [-0.39, 0.29) is 0 Å². The molecule has 0 amide bonds. The zero-order valence-electron chi connectivity index (χ0n) is 9.72. The molecule has 0 aromatic carbocycles. The molecule has 0 saturated heterocycles. The Morgan fingerprint density at radius 2 is 1.81 bits per heavy atom. The van der Waals surface area contributed by atoms with Crippen molar-refractivity contribution in [2.75, 3.05) is 25.9 Å². The molecular formula is C10H16O3S3. The third kappa shape index (κ3) is 2.13. The molecule has 16 heavy (non-hydrogen) atoms. The maximum atomic E-state index is 10.7. The minimum Gasteiger partial charge on any atom is -0.463 e. The molecule has 0 aliphatic carbocycles. The lowest BCUT2D eigenvalue weighted by molar-refractivity contribution is -0.198. The molecule has 0 saturated carbocycles. The minimum atomic E-state index is -1.45. The van der Waals surface area contributed by atoms with Gasteiger partial charge in [0, 0.05) is 7.11 Å². The van der Waals surface area contributed by atoms with E-state index in [1.165, 1.54) is 48.7 Å². The lowest BCUT2D eigenvalue weighted by atomic mass is 10.2. The van der Waals surface area contributed by atoms with Gasteiger partial charge in [-0.1, -0.05) is 0 Å². The highest BCUT2D eigenvalue weighted by Crippen LogP contribution is 2.55. The highest BCUT2D eigenvalue weighted by molar-refractivity contribution is 8.33. The Balaban J connectivity index is 3.21. The van der Waals surface area contributed by atoms with Gasteiger partial charge in [0.25, 0.3) is 5.79 Å². The minimum absolute atomic E-state index is 0.424. The van der Waals surface area contributed by atoms with Crippen molar-refractivity contribution in [3.8, 4) is 0 Å². The molecule has 1 aromatic rings. The number of hydrogen-bond donors (Lipinski definition) is 1. The van der Waals surface area contributed by atoms with E-state index in [0.29, 0.717) is 5.76 Å². The van der Waals surface area contributed by atoms with Gasteiger partial charge in [-0.25, -0.2) is 0 Å². The fourth-order valence-corrected chi connectivity index (χ4v) is 4.89. The van der Waals surface area contributed by atoms with Gasteiger partial charge in [-0.05, 0) is 30.9 Å². The second kappa shape index (κ2) is 5.73. The first kappa shape index (κ1) is 14.3. The van der Waals surface area contributed by atoms with Gasteiger partial charge in [0.1, 0.15) is 0 Å². The van der Waals surface area contributed by atoms with Crippen LogP contribution in [0.3, 0.4) is 0 Å². The van der Waals surface area contributed by atoms with Crippen LogP contribution >= 0.6 is 35.3 Å². The van der Waals surface area contributed by atoms with Crippen molar-refractivity contribution >= 4 is 35.3 Å². The van der Waals surface area contributed by atoms with Crippen LogP contribution in [0.1, 0.15) is 5.76 Å². The Morgan fingerprint density at radius 3 is 2.12 bits per heavy atom. The van der Waals surface area contributed by atoms with Crippen molar-refractivity contribution in [1.82, 2.24) is 0 Å². The van der Waals surface area contributed by atoms with Gasteiger partial charge in [0.2, 0.25) is 0 Å². The van der Waals surface area contributed by atoms with Crippen LogP contribution < -0.4 is 0 Å². The Kier molecular flexibility index (Phi) is 5.12. The number of rotatable bonds is 6. The quantitative estimate of drug-likeness (QED) is 0.808. The summed E-state index contributed by atoms with van der Waals surface area (Å²) in [6.45, 7) is 0. The van der Waals surface area contributed by atoms with E-state index < -0.39 is 9.20 Å². The summed E-state index contributed by atoms with van der Waals surface area (Å²) >= 11 is 4.61. The zero-order valence-corrected chi connectivity index (χ0v) is 12.2. The largest absolute Gasteiger partial charge is 0.463 e. The monoisotopic (exact) mass is 280 g/mol. The third-order valence-corrected chi connectivity index (χ3v) is 7.81. The molecule has 0 aliphatic rings. The normalized spacial score (nSPS) is 16.1. The van der Waals surface area contributed by atoms with Crippen LogP contribution in [-0.4, -0.2) is 34.4 Å². The zero-order chi connectivity index (χ0) is 12.2. The van der Waals surface area contributed by atoms with Gasteiger partial charge in [0.15, 0.2) is 9.17 Å². The van der Waals surface area contributed by atoms with E-state index in [4.69, 9.17) is 9.15 Å². The van der Waals surface area contributed by atoms with Gasteiger partial charge in [-0.3, -0.25) is 0 Å². The molecule has 1 atom stereocenters. The molecule has 6 heteroatoms. The lowest BCUT2D eigenvalue weighted by Crippen LogP contribution is -2.45. The number of aliphatic hydroxyl groups is 1. The van der Waals surface area contributed by atoms with Crippen LogP contribution in [0.5, 0.6) is 0 Å². The van der Waals surface area contributed by atoms with E-state index in [9.17, 15) is 5.11 Å². The second-order valence-electron chi connectivity index (χ2n) is 2.99. The van der Waals surface area contributed by atoms with Crippen molar-refractivity contribution in [2.45, 2.75) is 9.20 Å². The summed E-state index contributed by atoms with van der Waals surface area (Å²) in [5.41, 5.74) is 0.